The molecule has 0 bridgehead atoms. The van der Waals surface area contributed by atoms with Gasteiger partial charge >= 0.3 is 0 Å². The molecule has 21 heavy (non-hydrogen) atoms. The van der Waals surface area contributed by atoms with E-state index in [-0.39, 0.29) is 5.91 Å². The van der Waals surface area contributed by atoms with E-state index in [0.29, 0.717) is 24.6 Å². The van der Waals surface area contributed by atoms with Crippen molar-refractivity contribution in [2.75, 3.05) is 18.2 Å². The Labute approximate surface area is 132 Å². The molecule has 1 amide bonds. The first kappa shape index (κ1) is 15.8. The number of carbonyl (C=O) groups is 1. The lowest BCUT2D eigenvalue weighted by Crippen LogP contribution is -2.12. The van der Waals surface area contributed by atoms with Gasteiger partial charge in [-0.15, -0.1) is 10.2 Å². The van der Waals surface area contributed by atoms with Crippen molar-refractivity contribution in [3.05, 3.63) is 29.8 Å². The van der Waals surface area contributed by atoms with Crippen LogP contribution in [0.1, 0.15) is 18.4 Å². The summed E-state index contributed by atoms with van der Waals surface area (Å²) < 4.78 is 6.42. The first-order chi connectivity index (χ1) is 10.2. The topological polar surface area (TPSA) is 64.1 Å². The molecule has 1 N–H and O–H groups in total. The minimum absolute atomic E-state index is 0.0636. The minimum atomic E-state index is -0.0636. The Morgan fingerprint density at radius 2 is 2.10 bits per heavy atom. The van der Waals surface area contributed by atoms with Crippen molar-refractivity contribution in [3.63, 3.8) is 0 Å². The van der Waals surface area contributed by atoms with Gasteiger partial charge < -0.3 is 10.1 Å². The summed E-state index contributed by atoms with van der Waals surface area (Å²) in [6.45, 7) is 2.55. The minimum Gasteiger partial charge on any atom is -0.494 e. The molecular formula is C14H17N3O2S2. The van der Waals surface area contributed by atoms with E-state index >= 15 is 0 Å². The molecule has 2 rings (SSSR count). The largest absolute Gasteiger partial charge is 0.494 e. The molecule has 0 unspecified atom stereocenters. The molecule has 0 fully saturated rings. The third-order valence-corrected chi connectivity index (χ3v) is 4.48. The van der Waals surface area contributed by atoms with Gasteiger partial charge in [0.1, 0.15) is 5.75 Å². The van der Waals surface area contributed by atoms with Crippen LogP contribution in [0.5, 0.6) is 5.75 Å². The summed E-state index contributed by atoms with van der Waals surface area (Å²) in [5.41, 5.74) is 1.20. The summed E-state index contributed by atoms with van der Waals surface area (Å²) in [6, 6.07) is 7.86. The summed E-state index contributed by atoms with van der Waals surface area (Å²) >= 11 is 2.89. The number of nitrogens with one attached hydrogen (secondary N) is 1. The highest BCUT2D eigenvalue weighted by molar-refractivity contribution is 8.00. The lowest BCUT2D eigenvalue weighted by atomic mass is 10.2. The Kier molecular flexibility index (Phi) is 6.01. The number of nitrogens with zero attached hydrogens (tertiary/aromatic N) is 2. The molecular weight excluding hydrogens is 306 g/mol. The number of rotatable bonds is 7. The highest BCUT2D eigenvalue weighted by Crippen LogP contribution is 2.23. The van der Waals surface area contributed by atoms with Crippen LogP contribution in [0.2, 0.25) is 0 Å². The number of carbonyl (C=O) groups excluding carboxylic acids is 1. The highest BCUT2D eigenvalue weighted by atomic mass is 32.2. The second-order valence-corrected chi connectivity index (χ2v) is 6.42. The van der Waals surface area contributed by atoms with Gasteiger partial charge in [-0.2, -0.15) is 0 Å². The lowest BCUT2D eigenvalue weighted by Gasteiger charge is -2.06. The fourth-order valence-corrected chi connectivity index (χ4v) is 2.77. The number of benzene rings is 1. The van der Waals surface area contributed by atoms with Crippen molar-refractivity contribution in [1.29, 1.82) is 0 Å². The quantitative estimate of drug-likeness (QED) is 0.481. The van der Waals surface area contributed by atoms with E-state index in [1.165, 1.54) is 28.7 Å². The van der Waals surface area contributed by atoms with Crippen molar-refractivity contribution in [3.8, 4) is 5.75 Å². The van der Waals surface area contributed by atoms with Crippen LogP contribution in [-0.4, -0.2) is 29.0 Å². The van der Waals surface area contributed by atoms with Gasteiger partial charge in [-0.1, -0.05) is 40.8 Å². The fourth-order valence-electron chi connectivity index (χ4n) is 1.58. The lowest BCUT2D eigenvalue weighted by molar-refractivity contribution is -0.116. The zero-order valence-corrected chi connectivity index (χ0v) is 13.6. The Morgan fingerprint density at radius 1 is 1.33 bits per heavy atom. The molecule has 0 atom stereocenters. The van der Waals surface area contributed by atoms with E-state index < -0.39 is 0 Å². The maximum Gasteiger partial charge on any atom is 0.226 e. The summed E-state index contributed by atoms with van der Waals surface area (Å²) in [4.78, 5) is 11.7. The number of hydrogen-bond acceptors (Lipinski definition) is 6. The van der Waals surface area contributed by atoms with E-state index in [9.17, 15) is 4.79 Å². The molecule has 1 aromatic heterocycles. The highest BCUT2D eigenvalue weighted by Gasteiger charge is 2.07. The van der Waals surface area contributed by atoms with Crippen LogP contribution >= 0.6 is 23.1 Å². The Balaban J connectivity index is 1.66. The van der Waals surface area contributed by atoms with Crippen molar-refractivity contribution in [2.24, 2.45) is 0 Å². The standard InChI is InChI=1S/C14H17N3O2S2/c1-10-5-7-11(8-6-10)19-9-3-4-12(18)15-13-16-17-14(20-2)21-13/h5-8H,3-4,9H2,1-2H3,(H,15,16,18). The summed E-state index contributed by atoms with van der Waals surface area (Å²) in [7, 11) is 0. The average molecular weight is 323 g/mol. The third-order valence-electron chi connectivity index (χ3n) is 2.67. The van der Waals surface area contributed by atoms with Crippen LogP contribution in [0.3, 0.4) is 0 Å². The van der Waals surface area contributed by atoms with Crippen LogP contribution in [-0.2, 0) is 4.79 Å². The van der Waals surface area contributed by atoms with E-state index in [1.54, 1.807) is 0 Å². The van der Waals surface area contributed by atoms with E-state index in [4.69, 9.17) is 4.74 Å². The van der Waals surface area contributed by atoms with Gasteiger partial charge in [0.25, 0.3) is 0 Å². The second kappa shape index (κ2) is 7.99. The maximum absolute atomic E-state index is 11.7. The van der Waals surface area contributed by atoms with Crippen LogP contribution in [0.25, 0.3) is 0 Å². The van der Waals surface area contributed by atoms with Crippen molar-refractivity contribution >= 4 is 34.1 Å². The van der Waals surface area contributed by atoms with Gasteiger partial charge in [0.2, 0.25) is 11.0 Å². The molecule has 0 aliphatic heterocycles. The summed E-state index contributed by atoms with van der Waals surface area (Å²) in [5, 5.41) is 11.1. The predicted octanol–water partition coefficient (Wildman–Crippen LogP) is 3.37. The van der Waals surface area contributed by atoms with Crippen molar-refractivity contribution < 1.29 is 9.53 Å². The third kappa shape index (κ3) is 5.35. The number of anilines is 1. The van der Waals surface area contributed by atoms with E-state index in [2.05, 4.69) is 15.5 Å². The van der Waals surface area contributed by atoms with Crippen molar-refractivity contribution in [1.82, 2.24) is 10.2 Å². The van der Waals surface area contributed by atoms with Gasteiger partial charge in [-0.05, 0) is 31.7 Å². The number of thioether (sulfide) groups is 1. The number of aryl methyl sites for hydroxylation is 1. The molecule has 0 spiro atoms. The number of ether oxygens (including phenoxy) is 1. The molecule has 1 aromatic carbocycles. The van der Waals surface area contributed by atoms with E-state index in [0.717, 1.165) is 10.1 Å². The number of aromatic nitrogens is 2. The summed E-state index contributed by atoms with van der Waals surface area (Å²) in [5.74, 6) is 0.765. The molecule has 0 aliphatic rings. The molecule has 0 saturated carbocycles. The maximum atomic E-state index is 11.7. The predicted molar refractivity (Wildman–Crippen MR) is 86.2 cm³/mol. The van der Waals surface area contributed by atoms with Crippen molar-refractivity contribution in [2.45, 2.75) is 24.1 Å². The molecule has 2 aromatic rings. The molecule has 5 nitrogen and oxygen atoms in total. The van der Waals surface area contributed by atoms with Gasteiger partial charge in [-0.3, -0.25) is 4.79 Å². The smallest absolute Gasteiger partial charge is 0.226 e. The zero-order valence-electron chi connectivity index (χ0n) is 12.0. The van der Waals surface area contributed by atoms with Gasteiger partial charge in [0.05, 0.1) is 6.61 Å². The number of hydrogen-bond donors (Lipinski definition) is 1. The first-order valence-corrected chi connectivity index (χ1v) is 8.58. The molecule has 0 saturated heterocycles. The van der Waals surface area contributed by atoms with Gasteiger partial charge in [-0.25, -0.2) is 0 Å². The first-order valence-electron chi connectivity index (χ1n) is 6.54. The SMILES string of the molecule is CSc1nnc(NC(=O)CCCOc2ccc(C)cc2)s1. The molecule has 7 heteroatoms. The Hall–Kier alpha value is -1.60. The normalized spacial score (nSPS) is 10.4. The van der Waals surface area contributed by atoms with Gasteiger partial charge in [0.15, 0.2) is 4.34 Å². The Bertz CT molecular complexity index is 584. The monoisotopic (exact) mass is 323 g/mol. The van der Waals surface area contributed by atoms with Crippen LogP contribution < -0.4 is 10.1 Å². The zero-order chi connectivity index (χ0) is 15.1. The van der Waals surface area contributed by atoms with Gasteiger partial charge in [0, 0.05) is 6.42 Å². The summed E-state index contributed by atoms with van der Waals surface area (Å²) in [6.07, 6.45) is 2.99. The number of amides is 1. The van der Waals surface area contributed by atoms with Crippen LogP contribution in [0.15, 0.2) is 28.6 Å². The molecule has 1 heterocycles. The molecule has 0 aliphatic carbocycles. The van der Waals surface area contributed by atoms with Crippen LogP contribution in [0, 0.1) is 6.92 Å². The Morgan fingerprint density at radius 3 is 2.76 bits per heavy atom. The van der Waals surface area contributed by atoms with Crippen LogP contribution in [0.4, 0.5) is 5.13 Å². The molecule has 112 valence electrons. The fraction of sp³-hybridized carbons (Fsp3) is 0.357. The second-order valence-electron chi connectivity index (χ2n) is 4.39. The molecule has 0 radical (unpaired) electrons. The average Bonchev–Trinajstić information content (AvgIpc) is 2.93. The van der Waals surface area contributed by atoms with E-state index in [1.807, 2.05) is 37.4 Å².